The molecule has 1 heterocycles. The monoisotopic (exact) mass is 256 g/mol. The van der Waals surface area contributed by atoms with Gasteiger partial charge >= 0.3 is 5.97 Å². The Kier molecular flexibility index (Phi) is 5.60. The van der Waals surface area contributed by atoms with E-state index in [0.717, 1.165) is 19.5 Å². The summed E-state index contributed by atoms with van der Waals surface area (Å²) in [7, 11) is 1.46. The first-order valence-corrected chi connectivity index (χ1v) is 6.99. The van der Waals surface area contributed by atoms with Gasteiger partial charge in [-0.1, -0.05) is 0 Å². The Morgan fingerprint density at radius 1 is 1.33 bits per heavy atom. The van der Waals surface area contributed by atoms with E-state index in [1.165, 1.54) is 20.0 Å². The van der Waals surface area contributed by atoms with Crippen LogP contribution in [0, 0.1) is 0 Å². The molecule has 0 spiro atoms. The summed E-state index contributed by atoms with van der Waals surface area (Å²) in [6.07, 6.45) is 3.34. The van der Waals surface area contributed by atoms with Crippen LogP contribution in [0.4, 0.5) is 0 Å². The first-order valence-electron chi connectivity index (χ1n) is 6.99. The van der Waals surface area contributed by atoms with Crippen molar-refractivity contribution >= 4 is 5.97 Å². The summed E-state index contributed by atoms with van der Waals surface area (Å²) < 4.78 is 4.96. The fourth-order valence-corrected chi connectivity index (χ4v) is 2.97. The van der Waals surface area contributed by atoms with Gasteiger partial charge in [0.25, 0.3) is 0 Å². The van der Waals surface area contributed by atoms with Gasteiger partial charge in [0.15, 0.2) is 0 Å². The van der Waals surface area contributed by atoms with Crippen LogP contribution in [-0.2, 0) is 9.53 Å². The van der Waals surface area contributed by atoms with Gasteiger partial charge in [-0.05, 0) is 60.0 Å². The van der Waals surface area contributed by atoms with E-state index < -0.39 is 5.54 Å². The zero-order valence-corrected chi connectivity index (χ0v) is 12.5. The molecule has 0 bridgehead atoms. The van der Waals surface area contributed by atoms with Gasteiger partial charge in [-0.3, -0.25) is 10.1 Å². The van der Waals surface area contributed by atoms with Crippen molar-refractivity contribution in [3.63, 3.8) is 0 Å². The highest BCUT2D eigenvalue weighted by molar-refractivity contribution is 5.80. The highest BCUT2D eigenvalue weighted by atomic mass is 16.5. The van der Waals surface area contributed by atoms with Gasteiger partial charge in [-0.15, -0.1) is 0 Å². The number of nitrogens with zero attached hydrogens (tertiary/aromatic N) is 1. The van der Waals surface area contributed by atoms with Gasteiger partial charge in [0, 0.05) is 12.1 Å². The van der Waals surface area contributed by atoms with Crippen LogP contribution in [0.25, 0.3) is 0 Å². The number of rotatable bonds is 6. The Morgan fingerprint density at radius 3 is 2.33 bits per heavy atom. The molecule has 0 aliphatic carbocycles. The number of hydrogen-bond donors (Lipinski definition) is 1. The van der Waals surface area contributed by atoms with E-state index >= 15 is 0 Å². The lowest BCUT2D eigenvalue weighted by atomic mass is 9.92. The van der Waals surface area contributed by atoms with Crippen LogP contribution in [0.1, 0.15) is 47.0 Å². The molecule has 0 aromatic heterocycles. The van der Waals surface area contributed by atoms with Crippen LogP contribution in [0.5, 0.6) is 0 Å². The van der Waals surface area contributed by atoms with Crippen molar-refractivity contribution in [2.45, 2.75) is 64.6 Å². The standard InChI is InChI=1S/C14H28N2O2/c1-11(2)15-14(4,13(17)18-5)10-12(3)16-8-6-7-9-16/h11-12,15H,6-10H2,1-5H3. The van der Waals surface area contributed by atoms with Crippen molar-refractivity contribution in [3.8, 4) is 0 Å². The van der Waals surface area contributed by atoms with Crippen molar-refractivity contribution in [2.24, 2.45) is 0 Å². The number of hydrogen-bond acceptors (Lipinski definition) is 4. The van der Waals surface area contributed by atoms with Crippen LogP contribution >= 0.6 is 0 Å². The number of ether oxygens (including phenoxy) is 1. The van der Waals surface area contributed by atoms with Crippen molar-refractivity contribution in [1.29, 1.82) is 0 Å². The quantitative estimate of drug-likeness (QED) is 0.736. The van der Waals surface area contributed by atoms with Crippen LogP contribution < -0.4 is 5.32 Å². The van der Waals surface area contributed by atoms with Gasteiger partial charge in [0.1, 0.15) is 5.54 Å². The third-order valence-electron chi connectivity index (χ3n) is 3.71. The summed E-state index contributed by atoms with van der Waals surface area (Å²) in [4.78, 5) is 14.5. The average molecular weight is 256 g/mol. The molecule has 18 heavy (non-hydrogen) atoms. The fourth-order valence-electron chi connectivity index (χ4n) is 2.97. The Labute approximate surface area is 111 Å². The summed E-state index contributed by atoms with van der Waals surface area (Å²) in [5, 5.41) is 3.36. The largest absolute Gasteiger partial charge is 0.468 e. The predicted molar refractivity (Wildman–Crippen MR) is 73.6 cm³/mol. The van der Waals surface area contributed by atoms with Crippen LogP contribution in [-0.4, -0.2) is 48.7 Å². The maximum atomic E-state index is 12.0. The van der Waals surface area contributed by atoms with Crippen molar-refractivity contribution < 1.29 is 9.53 Å². The Morgan fingerprint density at radius 2 is 1.89 bits per heavy atom. The molecule has 106 valence electrons. The second kappa shape index (κ2) is 6.53. The molecule has 0 saturated carbocycles. The van der Waals surface area contributed by atoms with Crippen molar-refractivity contribution in [3.05, 3.63) is 0 Å². The highest BCUT2D eigenvalue weighted by Gasteiger charge is 2.37. The number of carbonyl (C=O) groups is 1. The molecule has 2 unspecified atom stereocenters. The molecule has 0 radical (unpaired) electrons. The average Bonchev–Trinajstić information content (AvgIpc) is 2.79. The predicted octanol–water partition coefficient (Wildman–Crippen LogP) is 1.79. The molecule has 0 aromatic carbocycles. The number of carbonyl (C=O) groups excluding carboxylic acids is 1. The molecule has 0 amide bonds. The zero-order valence-electron chi connectivity index (χ0n) is 12.5. The summed E-state index contributed by atoms with van der Waals surface area (Å²) in [6.45, 7) is 10.6. The minimum atomic E-state index is -0.592. The second-order valence-electron chi connectivity index (χ2n) is 5.92. The molecule has 1 N–H and O–H groups in total. The highest BCUT2D eigenvalue weighted by Crippen LogP contribution is 2.21. The van der Waals surface area contributed by atoms with E-state index in [2.05, 4.69) is 31.0 Å². The SMILES string of the molecule is COC(=O)C(C)(CC(C)N1CCCC1)NC(C)C. The van der Waals surface area contributed by atoms with E-state index in [9.17, 15) is 4.79 Å². The summed E-state index contributed by atoms with van der Waals surface area (Å²) >= 11 is 0. The molecule has 1 fully saturated rings. The van der Waals surface area contributed by atoms with E-state index in [-0.39, 0.29) is 12.0 Å². The second-order valence-corrected chi connectivity index (χ2v) is 5.92. The van der Waals surface area contributed by atoms with E-state index in [4.69, 9.17) is 4.74 Å². The Balaban J connectivity index is 2.67. The van der Waals surface area contributed by atoms with Gasteiger partial charge in [0.05, 0.1) is 7.11 Å². The molecule has 4 nitrogen and oxygen atoms in total. The van der Waals surface area contributed by atoms with Crippen molar-refractivity contribution in [1.82, 2.24) is 10.2 Å². The third-order valence-corrected chi connectivity index (χ3v) is 3.71. The molecule has 1 rings (SSSR count). The minimum absolute atomic E-state index is 0.165. The van der Waals surface area contributed by atoms with Crippen LogP contribution in [0.3, 0.4) is 0 Å². The molecule has 1 saturated heterocycles. The Hall–Kier alpha value is -0.610. The van der Waals surface area contributed by atoms with Gasteiger partial charge in [-0.2, -0.15) is 0 Å². The molecule has 1 aliphatic rings. The van der Waals surface area contributed by atoms with E-state index in [1.54, 1.807) is 0 Å². The summed E-state index contributed by atoms with van der Waals surface area (Å²) in [5.41, 5.74) is -0.592. The first-order chi connectivity index (χ1) is 8.39. The minimum Gasteiger partial charge on any atom is -0.468 e. The van der Waals surface area contributed by atoms with E-state index in [0.29, 0.717) is 6.04 Å². The third kappa shape index (κ3) is 3.95. The molecule has 0 aromatic rings. The lowest BCUT2D eigenvalue weighted by Crippen LogP contribution is -2.56. The van der Waals surface area contributed by atoms with E-state index in [1.807, 2.05) is 6.92 Å². The van der Waals surface area contributed by atoms with Gasteiger partial charge in [-0.25, -0.2) is 0 Å². The van der Waals surface area contributed by atoms with Crippen LogP contribution in [0.2, 0.25) is 0 Å². The fraction of sp³-hybridized carbons (Fsp3) is 0.929. The number of esters is 1. The number of likely N-dealkylation sites (tertiary alicyclic amines) is 1. The maximum absolute atomic E-state index is 12.0. The summed E-state index contributed by atoms with van der Waals surface area (Å²) in [6, 6.07) is 0.669. The maximum Gasteiger partial charge on any atom is 0.325 e. The molecular formula is C14H28N2O2. The molecule has 4 heteroatoms. The Bertz CT molecular complexity index is 275. The normalized spacial score (nSPS) is 21.9. The lowest BCUT2D eigenvalue weighted by Gasteiger charge is -2.35. The van der Waals surface area contributed by atoms with Crippen LogP contribution in [0.15, 0.2) is 0 Å². The molecule has 1 aliphatic heterocycles. The van der Waals surface area contributed by atoms with Gasteiger partial charge < -0.3 is 9.64 Å². The molecule has 2 atom stereocenters. The van der Waals surface area contributed by atoms with Crippen molar-refractivity contribution in [2.75, 3.05) is 20.2 Å². The number of nitrogens with one attached hydrogen (secondary N) is 1. The van der Waals surface area contributed by atoms with Gasteiger partial charge in [0.2, 0.25) is 0 Å². The summed E-state index contributed by atoms with van der Waals surface area (Å²) in [5.74, 6) is -0.165. The number of methoxy groups -OCH3 is 1. The lowest BCUT2D eigenvalue weighted by molar-refractivity contribution is -0.149. The smallest absolute Gasteiger partial charge is 0.325 e. The first kappa shape index (κ1) is 15.4. The zero-order chi connectivity index (χ0) is 13.8. The topological polar surface area (TPSA) is 41.6 Å². The molecular weight excluding hydrogens is 228 g/mol.